The Hall–Kier alpha value is -3.14. The van der Waals surface area contributed by atoms with E-state index in [4.69, 9.17) is 0 Å². The van der Waals surface area contributed by atoms with Crippen LogP contribution in [0.1, 0.15) is 49.8 Å². The van der Waals surface area contributed by atoms with Gasteiger partial charge < -0.3 is 4.90 Å². The molecule has 0 fully saturated rings. The van der Waals surface area contributed by atoms with E-state index in [9.17, 15) is 4.79 Å². The van der Waals surface area contributed by atoms with E-state index in [2.05, 4.69) is 73.6 Å². The average molecular weight is 400 g/mol. The third-order valence-corrected chi connectivity index (χ3v) is 6.29. The molecule has 4 nitrogen and oxygen atoms in total. The van der Waals surface area contributed by atoms with E-state index in [1.165, 1.54) is 11.3 Å². The van der Waals surface area contributed by atoms with Gasteiger partial charge in [0.05, 0.1) is 12.6 Å². The summed E-state index contributed by atoms with van der Waals surface area (Å²) in [6, 6.07) is 20.6. The molecule has 0 spiro atoms. The zero-order valence-electron chi connectivity index (χ0n) is 18.1. The summed E-state index contributed by atoms with van der Waals surface area (Å²) in [5.74, 6) is 0.371. The summed E-state index contributed by atoms with van der Waals surface area (Å²) in [6.45, 7) is 6.85. The second-order valence-corrected chi connectivity index (χ2v) is 8.90. The van der Waals surface area contributed by atoms with E-state index in [-0.39, 0.29) is 11.4 Å². The van der Waals surface area contributed by atoms with Gasteiger partial charge in [-0.25, -0.2) is 5.43 Å². The maximum atomic E-state index is 12.4. The summed E-state index contributed by atoms with van der Waals surface area (Å²) < 4.78 is 0. The molecule has 3 aromatic carbocycles. The molecule has 30 heavy (non-hydrogen) atoms. The van der Waals surface area contributed by atoms with Gasteiger partial charge in [0.25, 0.3) is 0 Å². The number of fused-ring (bicyclic) bond motifs is 2. The van der Waals surface area contributed by atoms with E-state index in [0.29, 0.717) is 12.3 Å². The topological polar surface area (TPSA) is 44.7 Å². The number of amides is 1. The van der Waals surface area contributed by atoms with Gasteiger partial charge in [-0.1, -0.05) is 55.5 Å². The Morgan fingerprint density at radius 1 is 1.17 bits per heavy atom. The van der Waals surface area contributed by atoms with Crippen molar-refractivity contribution in [2.45, 2.75) is 45.1 Å². The number of benzene rings is 3. The number of anilines is 1. The van der Waals surface area contributed by atoms with Crippen LogP contribution in [0.15, 0.2) is 65.8 Å². The quantitative estimate of drug-likeness (QED) is 0.481. The Labute approximate surface area is 178 Å². The number of hydrazone groups is 1. The molecule has 1 aliphatic rings. The van der Waals surface area contributed by atoms with Crippen LogP contribution in [0.25, 0.3) is 10.8 Å². The van der Waals surface area contributed by atoms with Crippen molar-refractivity contribution in [1.29, 1.82) is 0 Å². The maximum absolute atomic E-state index is 12.4. The van der Waals surface area contributed by atoms with Crippen LogP contribution in [0.2, 0.25) is 0 Å². The Balaban J connectivity index is 1.45. The van der Waals surface area contributed by atoms with Crippen LogP contribution < -0.4 is 10.3 Å². The molecule has 0 aromatic heterocycles. The van der Waals surface area contributed by atoms with Crippen LogP contribution in [-0.4, -0.2) is 24.7 Å². The Bertz CT molecular complexity index is 1110. The fourth-order valence-corrected chi connectivity index (χ4v) is 4.51. The van der Waals surface area contributed by atoms with Crippen molar-refractivity contribution in [3.63, 3.8) is 0 Å². The van der Waals surface area contributed by atoms with Crippen LogP contribution in [0.4, 0.5) is 5.69 Å². The summed E-state index contributed by atoms with van der Waals surface area (Å²) in [5, 5.41) is 6.45. The third-order valence-electron chi connectivity index (χ3n) is 6.29. The first-order valence-electron chi connectivity index (χ1n) is 10.5. The normalized spacial score (nSPS) is 17.9. The number of nitrogens with one attached hydrogen (secondary N) is 1. The third kappa shape index (κ3) is 3.95. The van der Waals surface area contributed by atoms with Crippen molar-refractivity contribution < 1.29 is 4.79 Å². The lowest BCUT2D eigenvalue weighted by atomic mass is 9.80. The van der Waals surface area contributed by atoms with Gasteiger partial charge in [0.2, 0.25) is 5.91 Å². The smallest absolute Gasteiger partial charge is 0.244 e. The number of hydrogen-bond acceptors (Lipinski definition) is 3. The van der Waals surface area contributed by atoms with E-state index in [1.807, 2.05) is 30.3 Å². The molecule has 0 radical (unpaired) electrons. The van der Waals surface area contributed by atoms with Crippen LogP contribution in [-0.2, 0) is 11.2 Å². The summed E-state index contributed by atoms with van der Waals surface area (Å²) in [5.41, 5.74) is 7.45. The standard InChI is InChI=1S/C26H29N3O/c1-18-16-26(2,3)29(4)24-13-12-19(14-23(18)24)17-27-28-25(30)15-21-10-7-9-20-8-5-6-11-22(20)21/h5-14,17-18H,15-16H2,1-4H3,(H,28,30)/b27-17-. The Morgan fingerprint density at radius 3 is 2.77 bits per heavy atom. The van der Waals surface area contributed by atoms with Gasteiger partial charge in [-0.05, 0) is 65.8 Å². The van der Waals surface area contributed by atoms with Crippen molar-refractivity contribution >= 4 is 28.6 Å². The molecule has 1 amide bonds. The van der Waals surface area contributed by atoms with Crippen molar-refractivity contribution in [3.05, 3.63) is 77.4 Å². The molecule has 1 atom stereocenters. The second kappa shape index (κ2) is 7.94. The predicted octanol–water partition coefficient (Wildman–Crippen LogP) is 5.25. The lowest BCUT2D eigenvalue weighted by Crippen LogP contribution is -2.45. The van der Waals surface area contributed by atoms with Gasteiger partial charge in [-0.2, -0.15) is 5.10 Å². The first kappa shape index (κ1) is 20.1. The molecule has 154 valence electrons. The molecule has 1 aliphatic heterocycles. The van der Waals surface area contributed by atoms with Crippen LogP contribution in [0.5, 0.6) is 0 Å². The lowest BCUT2D eigenvalue weighted by molar-refractivity contribution is -0.120. The number of rotatable bonds is 4. The highest BCUT2D eigenvalue weighted by Crippen LogP contribution is 2.42. The molecule has 0 saturated heterocycles. The minimum atomic E-state index is -0.115. The van der Waals surface area contributed by atoms with E-state index >= 15 is 0 Å². The summed E-state index contributed by atoms with van der Waals surface area (Å²) >= 11 is 0. The fourth-order valence-electron chi connectivity index (χ4n) is 4.51. The predicted molar refractivity (Wildman–Crippen MR) is 125 cm³/mol. The highest BCUT2D eigenvalue weighted by atomic mass is 16.2. The number of carbonyl (C=O) groups is 1. The zero-order valence-corrected chi connectivity index (χ0v) is 18.1. The minimum Gasteiger partial charge on any atom is -0.369 e. The van der Waals surface area contributed by atoms with Crippen molar-refractivity contribution in [2.75, 3.05) is 11.9 Å². The van der Waals surface area contributed by atoms with Crippen molar-refractivity contribution in [1.82, 2.24) is 5.43 Å². The average Bonchev–Trinajstić information content (AvgIpc) is 2.72. The highest BCUT2D eigenvalue weighted by molar-refractivity contribution is 5.90. The SMILES string of the molecule is CC1CC(C)(C)N(C)c2ccc(/C=N\NC(=O)Cc3cccc4ccccc34)cc21. The van der Waals surface area contributed by atoms with Gasteiger partial charge in [0.15, 0.2) is 0 Å². The molecule has 1 heterocycles. The molecule has 4 rings (SSSR count). The summed E-state index contributed by atoms with van der Waals surface area (Å²) in [4.78, 5) is 14.8. The molecule has 1 N–H and O–H groups in total. The molecule has 0 bridgehead atoms. The maximum Gasteiger partial charge on any atom is 0.244 e. The lowest BCUT2D eigenvalue weighted by Gasteiger charge is -2.45. The van der Waals surface area contributed by atoms with Gasteiger partial charge in [0, 0.05) is 18.3 Å². The molecule has 1 unspecified atom stereocenters. The number of nitrogens with zero attached hydrogens (tertiary/aromatic N) is 2. The Kier molecular flexibility index (Phi) is 5.33. The molecular formula is C26H29N3O. The van der Waals surface area contributed by atoms with Gasteiger partial charge in [-0.15, -0.1) is 0 Å². The largest absolute Gasteiger partial charge is 0.369 e. The Morgan fingerprint density at radius 2 is 1.93 bits per heavy atom. The van der Waals surface area contributed by atoms with E-state index in [0.717, 1.165) is 28.3 Å². The van der Waals surface area contributed by atoms with Crippen LogP contribution >= 0.6 is 0 Å². The van der Waals surface area contributed by atoms with E-state index < -0.39 is 0 Å². The first-order valence-corrected chi connectivity index (χ1v) is 10.5. The molecule has 3 aromatic rings. The first-order chi connectivity index (χ1) is 14.3. The van der Waals surface area contributed by atoms with Gasteiger partial charge in [0.1, 0.15) is 0 Å². The van der Waals surface area contributed by atoms with Gasteiger partial charge >= 0.3 is 0 Å². The summed E-state index contributed by atoms with van der Waals surface area (Å²) in [7, 11) is 2.16. The highest BCUT2D eigenvalue weighted by Gasteiger charge is 2.33. The number of hydrogen-bond donors (Lipinski definition) is 1. The minimum absolute atomic E-state index is 0.115. The monoisotopic (exact) mass is 399 g/mol. The molecule has 4 heteroatoms. The second-order valence-electron chi connectivity index (χ2n) is 8.90. The molecule has 0 saturated carbocycles. The molecular weight excluding hydrogens is 370 g/mol. The molecule has 0 aliphatic carbocycles. The van der Waals surface area contributed by atoms with Crippen molar-refractivity contribution in [2.24, 2.45) is 5.10 Å². The van der Waals surface area contributed by atoms with E-state index in [1.54, 1.807) is 6.21 Å². The van der Waals surface area contributed by atoms with Gasteiger partial charge in [-0.3, -0.25) is 4.79 Å². The van der Waals surface area contributed by atoms with Crippen molar-refractivity contribution in [3.8, 4) is 0 Å². The zero-order chi connectivity index (χ0) is 21.3. The van der Waals surface area contributed by atoms with Crippen LogP contribution in [0, 0.1) is 0 Å². The summed E-state index contributed by atoms with van der Waals surface area (Å²) in [6.07, 6.45) is 3.15. The van der Waals surface area contributed by atoms with Crippen LogP contribution in [0.3, 0.4) is 0 Å². The number of carbonyl (C=O) groups excluding carboxylic acids is 1. The fraction of sp³-hybridized carbons (Fsp3) is 0.308.